The molecule has 1 aliphatic carbocycles. The second-order valence-corrected chi connectivity index (χ2v) is 23.7. The summed E-state index contributed by atoms with van der Waals surface area (Å²) in [4.78, 5) is 0. The fraction of sp³-hybridized carbons (Fsp3) is 0.0110. The van der Waals surface area contributed by atoms with E-state index in [1.807, 2.05) is 0 Å². The van der Waals surface area contributed by atoms with Crippen LogP contribution in [0.25, 0.3) is 196 Å². The quantitative estimate of drug-likeness (QED) is 0.0915. The van der Waals surface area contributed by atoms with Gasteiger partial charge in [-0.25, -0.2) is 0 Å². The summed E-state index contributed by atoms with van der Waals surface area (Å²) in [5.41, 5.74) is 17.7. The number of fused-ring (bicyclic) bond motifs is 13. The largest absolute Gasteiger partial charge is 0.106 e. The van der Waals surface area contributed by atoms with Gasteiger partial charge in [-0.1, -0.05) is 236 Å². The Morgan fingerprint density at radius 1 is 0.209 bits per heavy atom. The lowest BCUT2D eigenvalue weighted by molar-refractivity contribution is 1.61. The van der Waals surface area contributed by atoms with Crippen molar-refractivity contribution in [2.75, 3.05) is 0 Å². The Morgan fingerprint density at radius 3 is 1.10 bits per heavy atom. The van der Waals surface area contributed by atoms with Crippen LogP contribution in [0.15, 0.2) is 267 Å². The van der Waals surface area contributed by atoms with Gasteiger partial charge in [0.15, 0.2) is 0 Å². The van der Waals surface area contributed by atoms with Gasteiger partial charge in [-0.05, 0) is 287 Å². The molecule has 412 valence electrons. The molecule has 0 amide bonds. The molecule has 18 aromatic rings. The van der Waals surface area contributed by atoms with Gasteiger partial charge < -0.3 is 0 Å². The van der Waals surface area contributed by atoms with Crippen LogP contribution in [0, 0.1) is 59.7 Å². The van der Waals surface area contributed by atoms with Crippen molar-refractivity contribution in [3.05, 3.63) is 267 Å². The molecular formula is C91H48. The molecule has 0 heterocycles. The van der Waals surface area contributed by atoms with E-state index in [9.17, 15) is 0 Å². The van der Waals surface area contributed by atoms with Crippen molar-refractivity contribution in [2.24, 2.45) is 0 Å². The third kappa shape index (κ3) is 7.81. The Hall–Kier alpha value is -12.6. The van der Waals surface area contributed by atoms with Crippen LogP contribution in [0.4, 0.5) is 0 Å². The minimum atomic E-state index is 1.21. The van der Waals surface area contributed by atoms with E-state index in [0.717, 1.165) is 0 Å². The van der Waals surface area contributed by atoms with Crippen molar-refractivity contribution < 1.29 is 0 Å². The van der Waals surface area contributed by atoms with Gasteiger partial charge in [-0.15, -0.1) is 6.42 Å². The predicted octanol–water partition coefficient (Wildman–Crippen LogP) is 23.3. The predicted molar refractivity (Wildman–Crippen MR) is 390 cm³/mol. The fourth-order valence-electron chi connectivity index (χ4n) is 15.5. The molecule has 1 aliphatic rings. The number of rotatable bonds is 5. The Bertz CT molecular complexity index is 6160. The Kier molecular flexibility index (Phi) is 11.6. The van der Waals surface area contributed by atoms with Crippen LogP contribution in [0.5, 0.6) is 0 Å². The lowest BCUT2D eigenvalue weighted by Crippen LogP contribution is -1.91. The van der Waals surface area contributed by atoms with Crippen LogP contribution in [-0.2, 0) is 0 Å². The molecule has 0 N–H and O–H groups in total. The van der Waals surface area contributed by atoms with Gasteiger partial charge in [-0.2, -0.15) is 0 Å². The lowest BCUT2D eigenvalue weighted by atomic mass is 9.84. The topological polar surface area (TPSA) is 0 Å². The molecule has 0 aromatic heterocycles. The van der Waals surface area contributed by atoms with Crippen LogP contribution < -0.4 is 0 Å². The first-order valence-corrected chi connectivity index (χ1v) is 30.8. The molecule has 0 fully saturated rings. The molecule has 0 aliphatic heterocycles. The SMILES string of the molecule is C#CC#CC#CC#CC#CC.c1ccc(-c2cccc(-c3c4cc5c(cc4c(-c4cccc(-c6ccccc6)c4)c4c6ccc7c8ccc9c%10c(ccc(c%11ccc(c34)c6c%117)c%108)-c3cc4ccccc4cc3-9)c3ccc(-c4ccccc4)c4cccc5c43)c2)cc1. The van der Waals surface area contributed by atoms with E-state index in [4.69, 9.17) is 6.42 Å². The molecule has 0 nitrogen and oxygen atoms in total. The Morgan fingerprint density at radius 2 is 0.582 bits per heavy atom. The van der Waals surface area contributed by atoms with Gasteiger partial charge in [0, 0.05) is 0 Å². The van der Waals surface area contributed by atoms with Crippen molar-refractivity contribution >= 4 is 118 Å². The summed E-state index contributed by atoms with van der Waals surface area (Å²) in [6.45, 7) is 1.71. The summed E-state index contributed by atoms with van der Waals surface area (Å²) in [5, 5.41) is 28.8. The van der Waals surface area contributed by atoms with Gasteiger partial charge in [0.05, 0.1) is 0 Å². The minimum absolute atomic E-state index is 1.21. The number of hydrogen-bond acceptors (Lipinski definition) is 0. The van der Waals surface area contributed by atoms with Gasteiger partial charge in [0.2, 0.25) is 0 Å². The van der Waals surface area contributed by atoms with Crippen LogP contribution >= 0.6 is 0 Å². The molecule has 0 spiro atoms. The Labute approximate surface area is 526 Å². The minimum Gasteiger partial charge on any atom is -0.106 e. The molecule has 0 saturated heterocycles. The molecule has 0 radical (unpaired) electrons. The second kappa shape index (κ2) is 20.5. The van der Waals surface area contributed by atoms with Crippen molar-refractivity contribution in [1.29, 1.82) is 0 Å². The third-order valence-corrected chi connectivity index (χ3v) is 19.1. The first kappa shape index (κ1) is 51.6. The normalized spacial score (nSPS) is 11.4. The van der Waals surface area contributed by atoms with E-state index < -0.39 is 0 Å². The fourth-order valence-corrected chi connectivity index (χ4v) is 15.5. The molecule has 0 heteroatoms. The summed E-state index contributed by atoms with van der Waals surface area (Å²) < 4.78 is 0. The molecular weight excluding hydrogens is 1090 g/mol. The van der Waals surface area contributed by atoms with Crippen molar-refractivity contribution in [2.45, 2.75) is 6.92 Å². The molecule has 0 saturated carbocycles. The van der Waals surface area contributed by atoms with Crippen molar-refractivity contribution in [3.63, 3.8) is 0 Å². The van der Waals surface area contributed by atoms with Crippen molar-refractivity contribution in [1.82, 2.24) is 0 Å². The van der Waals surface area contributed by atoms with Gasteiger partial charge in [0.25, 0.3) is 0 Å². The average Bonchev–Trinajstić information content (AvgIpc) is 1.56. The molecule has 18 aromatic carbocycles. The van der Waals surface area contributed by atoms with Crippen LogP contribution in [0.2, 0.25) is 0 Å². The van der Waals surface area contributed by atoms with Crippen LogP contribution in [-0.4, -0.2) is 0 Å². The van der Waals surface area contributed by atoms with Gasteiger partial charge >= 0.3 is 0 Å². The van der Waals surface area contributed by atoms with E-state index in [1.165, 1.54) is 196 Å². The molecule has 19 rings (SSSR count). The zero-order valence-electron chi connectivity index (χ0n) is 49.5. The highest BCUT2D eigenvalue weighted by molar-refractivity contribution is 6.48. The summed E-state index contributed by atoms with van der Waals surface area (Å²) in [6.07, 6.45) is 4.84. The third-order valence-electron chi connectivity index (χ3n) is 19.1. The van der Waals surface area contributed by atoms with E-state index in [-0.39, 0.29) is 0 Å². The highest BCUT2D eigenvalue weighted by atomic mass is 14.3. The van der Waals surface area contributed by atoms with Gasteiger partial charge in [0.1, 0.15) is 0 Å². The summed E-state index contributed by atoms with van der Waals surface area (Å²) in [7, 11) is 0. The van der Waals surface area contributed by atoms with E-state index in [1.54, 1.807) is 6.92 Å². The van der Waals surface area contributed by atoms with E-state index in [0.29, 0.717) is 0 Å². The molecule has 0 unspecified atom stereocenters. The lowest BCUT2D eigenvalue weighted by Gasteiger charge is -2.18. The van der Waals surface area contributed by atoms with Crippen molar-refractivity contribution in [3.8, 4) is 138 Å². The maximum absolute atomic E-state index is 4.84. The second-order valence-electron chi connectivity index (χ2n) is 23.7. The monoisotopic (exact) mass is 1140 g/mol. The zero-order valence-corrected chi connectivity index (χ0v) is 49.5. The summed E-state index contributed by atoms with van der Waals surface area (Å²) in [6, 6.07) is 102. The highest BCUT2D eigenvalue weighted by Gasteiger charge is 2.30. The standard InChI is InChI=1S/C80H44.C11H4/c1-4-15-45(16-5-1)48-23-12-25-52(39-48)72-70-43-68-56-28-14-27-55-54(47-19-8-3-9-20-47)29-30-61(74(55)56)69(68)44-71(70)73(53-26-13-24-49(40-53)46-17-6-2-7-18-46)80-65-38-36-60-58-32-34-63-67-42-51-22-11-10-21-50(51)41-66(67)62-33-31-57(75(58)77(62)63)59-35-37-64(79(72)80)78(65)76(59)60;1-3-5-7-9-11-10-8-6-4-2/h1-44H;1H,2H3. The highest BCUT2D eigenvalue weighted by Crippen LogP contribution is 2.58. The summed E-state index contributed by atoms with van der Waals surface area (Å²) >= 11 is 0. The first-order chi connectivity index (χ1) is 45.1. The smallest absolute Gasteiger partial charge is 0.000000534 e. The molecule has 91 heavy (non-hydrogen) atoms. The zero-order chi connectivity index (χ0) is 60.3. The maximum atomic E-state index is 4.84. The summed E-state index contributed by atoms with van der Waals surface area (Å²) in [5.74, 6) is 22.0. The van der Waals surface area contributed by atoms with E-state index >= 15 is 0 Å². The van der Waals surface area contributed by atoms with E-state index in [2.05, 4.69) is 320 Å². The molecule has 0 bridgehead atoms. The van der Waals surface area contributed by atoms with Crippen LogP contribution in [0.3, 0.4) is 0 Å². The number of benzene rings is 16. The van der Waals surface area contributed by atoms with Gasteiger partial charge in [-0.3, -0.25) is 0 Å². The maximum Gasteiger partial charge on any atom is -0.000000534 e. The average molecular weight is 1140 g/mol. The first-order valence-electron chi connectivity index (χ1n) is 30.8. The number of terminal acetylenes is 1. The number of hydrogen-bond donors (Lipinski definition) is 0. The Balaban J connectivity index is 0.000000514. The molecule has 0 atom stereocenters. The van der Waals surface area contributed by atoms with Crippen LogP contribution in [0.1, 0.15) is 6.92 Å².